The van der Waals surface area contributed by atoms with Crippen molar-refractivity contribution < 1.29 is 84.4 Å². The maximum Gasteiger partial charge on any atom is 0.228 e. The minimum Gasteiger partial charge on any atom is -0.507 e. The zero-order chi connectivity index (χ0) is 37.2. The van der Waals surface area contributed by atoms with Crippen molar-refractivity contribution in [3.63, 3.8) is 0 Å². The molecule has 3 aromatic carbocycles. The summed E-state index contributed by atoms with van der Waals surface area (Å²) >= 11 is 0. The number of rotatable bonds is 7. The summed E-state index contributed by atoms with van der Waals surface area (Å²) in [7, 11) is 0. The zero-order valence-corrected chi connectivity index (χ0v) is 26.8. The fourth-order valence-corrected chi connectivity index (χ4v) is 6.62. The summed E-state index contributed by atoms with van der Waals surface area (Å²) in [5.74, 6) is -5.97. The lowest BCUT2D eigenvalue weighted by Gasteiger charge is -2.44. The molecule has 0 bridgehead atoms. The summed E-state index contributed by atoms with van der Waals surface area (Å²) < 4.78 is 22.0. The number of aryl methyl sites for hydroxylation is 1. The van der Waals surface area contributed by atoms with Gasteiger partial charge < -0.3 is 70.0 Å². The quantitative estimate of drug-likeness (QED) is 0.104. The molecule has 0 amide bonds. The molecule has 272 valence electrons. The second-order valence-corrected chi connectivity index (χ2v) is 12.4. The van der Waals surface area contributed by atoms with Crippen LogP contribution >= 0.6 is 0 Å². The van der Waals surface area contributed by atoms with Crippen LogP contribution in [0.25, 0.3) is 11.1 Å². The number of carbonyl (C=O) groups excluding carboxylic acids is 3. The number of phenolic OH excluding ortho intramolecular Hbond substituents is 4. The van der Waals surface area contributed by atoms with Crippen molar-refractivity contribution in [2.75, 3.05) is 13.2 Å². The van der Waals surface area contributed by atoms with Crippen LogP contribution in [0.3, 0.4) is 0 Å². The van der Waals surface area contributed by atoms with Crippen molar-refractivity contribution in [2.24, 2.45) is 0 Å². The summed E-state index contributed by atoms with van der Waals surface area (Å²) in [4.78, 5) is 40.3. The van der Waals surface area contributed by atoms with Crippen LogP contribution in [0.2, 0.25) is 0 Å². The molecule has 51 heavy (non-hydrogen) atoms. The molecule has 2 heterocycles. The lowest BCUT2D eigenvalue weighted by molar-refractivity contribution is -0.343. The Balaban J connectivity index is 1.38. The van der Waals surface area contributed by atoms with Crippen molar-refractivity contribution in [1.29, 1.82) is 0 Å². The molecule has 2 aliphatic heterocycles. The molecular weight excluding hydrogens is 680 g/mol. The standard InChI is InChI=1S/C34H34O17/c1-10-6-14(38)23-24(25(41)12-4-3-5-13(37)21(12)28(23)44)19(10)22-15(39)7-17(20(11(2)36)27(22)43)49-33-31(47)32(16(40)9-48-33)51-34-30(46)29(45)26(42)18(8-35)50-34/h3-7,16,18,26,29-35,37-40,42-43,45-47H,8-9H2,1-2H3/t16-,18-,26-,29+,30-,31-,32+,33+,34+/m1/s1. The summed E-state index contributed by atoms with van der Waals surface area (Å²) in [6, 6.07) is 5.77. The lowest BCUT2D eigenvalue weighted by Crippen LogP contribution is -2.63. The van der Waals surface area contributed by atoms with E-state index in [1.807, 2.05) is 0 Å². The van der Waals surface area contributed by atoms with E-state index in [0.717, 1.165) is 19.1 Å². The maximum atomic E-state index is 13.8. The van der Waals surface area contributed by atoms with E-state index in [2.05, 4.69) is 0 Å². The number of aromatic hydroxyl groups is 4. The van der Waals surface area contributed by atoms with Gasteiger partial charge in [-0.15, -0.1) is 0 Å². The van der Waals surface area contributed by atoms with Gasteiger partial charge >= 0.3 is 0 Å². The van der Waals surface area contributed by atoms with Gasteiger partial charge in [-0.3, -0.25) is 14.4 Å². The van der Waals surface area contributed by atoms with Crippen LogP contribution in [0, 0.1) is 6.92 Å². The van der Waals surface area contributed by atoms with Crippen LogP contribution in [0.4, 0.5) is 0 Å². The normalized spacial score (nSPS) is 29.0. The number of benzene rings is 3. The van der Waals surface area contributed by atoms with E-state index < -0.39 is 137 Å². The van der Waals surface area contributed by atoms with Crippen molar-refractivity contribution >= 4 is 17.3 Å². The summed E-state index contributed by atoms with van der Waals surface area (Å²) in [6.07, 6.45) is -15.5. The largest absolute Gasteiger partial charge is 0.507 e. The molecule has 3 aromatic rings. The van der Waals surface area contributed by atoms with Gasteiger partial charge in [-0.05, 0) is 31.5 Å². The third kappa shape index (κ3) is 5.87. The first kappa shape index (κ1) is 36.1. The number of aliphatic hydroxyl groups is 6. The fraction of sp³-hybridized carbons (Fsp3) is 0.382. The smallest absolute Gasteiger partial charge is 0.228 e. The molecule has 0 spiro atoms. The average molecular weight is 715 g/mol. The summed E-state index contributed by atoms with van der Waals surface area (Å²) in [6.45, 7) is 1.10. The Kier molecular flexibility index (Phi) is 9.53. The predicted octanol–water partition coefficient (Wildman–Crippen LogP) is -0.896. The van der Waals surface area contributed by atoms with E-state index in [1.54, 1.807) is 0 Å². The number of aliphatic hydroxyl groups excluding tert-OH is 6. The SMILES string of the molecule is CC(=O)c1c(O[C@@H]2OC[C@@H](O)[C@H](O[C@@H]3O[C@H](CO)[C@@H](O)[C@H](O)[C@H]3O)[C@H]2O)cc(O)c(-c2c(C)cc(O)c3c2C(=O)c2cccc(O)c2C3=O)c1O. The lowest BCUT2D eigenvalue weighted by atomic mass is 9.77. The minimum absolute atomic E-state index is 0.0954. The number of fused-ring (bicyclic) bond motifs is 2. The van der Waals surface area contributed by atoms with Gasteiger partial charge in [0, 0.05) is 22.8 Å². The molecule has 9 atom stereocenters. The Morgan fingerprint density at radius 2 is 1.49 bits per heavy atom. The van der Waals surface area contributed by atoms with Gasteiger partial charge in [0.1, 0.15) is 77.0 Å². The summed E-state index contributed by atoms with van der Waals surface area (Å²) in [5.41, 5.74) is -2.69. The average Bonchev–Trinajstić information content (AvgIpc) is 3.07. The topological polar surface area (TPSA) is 290 Å². The van der Waals surface area contributed by atoms with Crippen LogP contribution in [-0.4, -0.2) is 137 Å². The highest BCUT2D eigenvalue weighted by atomic mass is 16.7. The van der Waals surface area contributed by atoms with Crippen LogP contribution < -0.4 is 4.74 Å². The van der Waals surface area contributed by atoms with E-state index in [1.165, 1.54) is 25.1 Å². The third-order valence-corrected chi connectivity index (χ3v) is 9.13. The van der Waals surface area contributed by atoms with Crippen LogP contribution in [0.5, 0.6) is 28.7 Å². The molecule has 0 aromatic heterocycles. The summed E-state index contributed by atoms with van der Waals surface area (Å²) in [5, 5.41) is 106. The highest BCUT2D eigenvalue weighted by Crippen LogP contribution is 2.51. The van der Waals surface area contributed by atoms with Gasteiger partial charge in [0.05, 0.1) is 29.9 Å². The molecule has 3 aliphatic rings. The van der Waals surface area contributed by atoms with Crippen LogP contribution in [0.1, 0.15) is 54.7 Å². The Morgan fingerprint density at radius 3 is 2.16 bits per heavy atom. The van der Waals surface area contributed by atoms with E-state index in [0.29, 0.717) is 0 Å². The van der Waals surface area contributed by atoms with Gasteiger partial charge in [-0.2, -0.15) is 0 Å². The third-order valence-electron chi connectivity index (χ3n) is 9.13. The number of hydrogen-bond donors (Lipinski definition) is 10. The highest BCUT2D eigenvalue weighted by Gasteiger charge is 2.49. The van der Waals surface area contributed by atoms with E-state index in [9.17, 15) is 65.4 Å². The van der Waals surface area contributed by atoms with Crippen molar-refractivity contribution in [1.82, 2.24) is 0 Å². The number of ketones is 3. The van der Waals surface area contributed by atoms with Crippen molar-refractivity contribution in [3.05, 3.63) is 63.7 Å². The molecule has 1 aliphatic carbocycles. The zero-order valence-electron chi connectivity index (χ0n) is 26.8. The number of phenols is 4. The second-order valence-electron chi connectivity index (χ2n) is 12.4. The first-order chi connectivity index (χ1) is 24.1. The van der Waals surface area contributed by atoms with Crippen LogP contribution in [0.15, 0.2) is 30.3 Å². The van der Waals surface area contributed by atoms with Gasteiger partial charge in [-0.25, -0.2) is 0 Å². The molecule has 17 heteroatoms. The number of Topliss-reactive ketones (excluding diaryl/α,β-unsaturated/α-hetero) is 1. The van der Waals surface area contributed by atoms with Gasteiger partial charge in [-0.1, -0.05) is 12.1 Å². The Hall–Kier alpha value is -4.69. The molecular formula is C34H34O17. The Labute approximate surface area is 287 Å². The van der Waals surface area contributed by atoms with Gasteiger partial charge in [0.2, 0.25) is 12.1 Å². The Morgan fingerprint density at radius 1 is 0.804 bits per heavy atom. The number of ether oxygens (including phenoxy) is 4. The first-order valence-corrected chi connectivity index (χ1v) is 15.6. The first-order valence-electron chi connectivity index (χ1n) is 15.6. The molecule has 17 nitrogen and oxygen atoms in total. The monoisotopic (exact) mass is 714 g/mol. The molecule has 2 saturated heterocycles. The molecule has 2 fully saturated rings. The number of carbonyl (C=O) groups is 3. The minimum atomic E-state index is -1.93. The van der Waals surface area contributed by atoms with Gasteiger partial charge in [0.25, 0.3) is 0 Å². The van der Waals surface area contributed by atoms with Crippen molar-refractivity contribution in [2.45, 2.75) is 69.2 Å². The second kappa shape index (κ2) is 13.5. The fourth-order valence-electron chi connectivity index (χ4n) is 6.62. The highest BCUT2D eigenvalue weighted by molar-refractivity contribution is 6.32. The van der Waals surface area contributed by atoms with E-state index >= 15 is 0 Å². The van der Waals surface area contributed by atoms with Crippen LogP contribution in [-0.2, 0) is 14.2 Å². The maximum absolute atomic E-state index is 13.8. The molecule has 0 radical (unpaired) electrons. The van der Waals surface area contributed by atoms with E-state index in [-0.39, 0.29) is 22.3 Å². The molecule has 6 rings (SSSR count). The van der Waals surface area contributed by atoms with Gasteiger partial charge in [0.15, 0.2) is 17.9 Å². The molecule has 0 unspecified atom stereocenters. The van der Waals surface area contributed by atoms with Crippen molar-refractivity contribution in [3.8, 4) is 39.9 Å². The molecule has 10 N–H and O–H groups in total. The predicted molar refractivity (Wildman–Crippen MR) is 168 cm³/mol. The Bertz CT molecular complexity index is 1920. The van der Waals surface area contributed by atoms with E-state index in [4.69, 9.17) is 18.9 Å². The number of hydrogen-bond acceptors (Lipinski definition) is 17. The molecule has 0 saturated carbocycles.